The smallest absolute Gasteiger partial charge is 0.410 e. The van der Waals surface area contributed by atoms with Gasteiger partial charge in [0.25, 0.3) is 0 Å². The topological polar surface area (TPSA) is 112 Å². The van der Waals surface area contributed by atoms with Crippen LogP contribution in [0.15, 0.2) is 36.4 Å². The lowest BCUT2D eigenvalue weighted by Gasteiger charge is -2.62. The SMILES string of the molecule is CCOC(=O)C[C@]12[C@@H]3CCN(C(=O)OC(C)(C)C)[C@H]1[C@@]1(C=CC(=O)OC1)C[C@H]3C(=O)N2Cc1ccc(OC)cc1. The fourth-order valence-corrected chi connectivity index (χ4v) is 7.42. The molecule has 216 valence electrons. The lowest BCUT2D eigenvalue weighted by molar-refractivity contribution is -0.169. The normalized spacial score (nSPS) is 30.8. The minimum absolute atomic E-state index is 0.00372. The van der Waals surface area contributed by atoms with Crippen LogP contribution in [0.3, 0.4) is 0 Å². The Balaban J connectivity index is 1.68. The van der Waals surface area contributed by atoms with Crippen LogP contribution in [0.1, 0.15) is 52.5 Å². The van der Waals surface area contributed by atoms with Crippen molar-refractivity contribution >= 4 is 23.9 Å². The molecule has 1 saturated carbocycles. The zero-order valence-electron chi connectivity index (χ0n) is 23.8. The van der Waals surface area contributed by atoms with Crippen LogP contribution in [0.4, 0.5) is 4.79 Å². The Bertz CT molecular complexity index is 1220. The molecule has 0 radical (unpaired) electrons. The van der Waals surface area contributed by atoms with E-state index in [0.29, 0.717) is 25.1 Å². The van der Waals surface area contributed by atoms with Crippen molar-refractivity contribution in [3.05, 3.63) is 42.0 Å². The second-order valence-electron chi connectivity index (χ2n) is 12.2. The molecule has 10 heteroatoms. The van der Waals surface area contributed by atoms with E-state index in [1.165, 1.54) is 6.08 Å². The molecule has 1 aromatic carbocycles. The maximum absolute atomic E-state index is 14.3. The van der Waals surface area contributed by atoms with Crippen molar-refractivity contribution < 1.29 is 38.1 Å². The number of ether oxygens (including phenoxy) is 4. The maximum Gasteiger partial charge on any atom is 0.410 e. The van der Waals surface area contributed by atoms with Crippen LogP contribution in [0.2, 0.25) is 0 Å². The number of rotatable bonds is 6. The number of hydrogen-bond donors (Lipinski definition) is 0. The average Bonchev–Trinajstić information content (AvgIpc) is 3.05. The maximum atomic E-state index is 14.3. The summed E-state index contributed by atoms with van der Waals surface area (Å²) < 4.78 is 22.2. The molecule has 5 atom stereocenters. The predicted octanol–water partition coefficient (Wildman–Crippen LogP) is 3.47. The molecule has 1 aromatic rings. The molecule has 3 heterocycles. The Morgan fingerprint density at radius 3 is 2.48 bits per heavy atom. The Morgan fingerprint density at radius 2 is 1.88 bits per heavy atom. The van der Waals surface area contributed by atoms with Gasteiger partial charge >= 0.3 is 18.0 Å². The molecule has 1 spiro atoms. The summed E-state index contributed by atoms with van der Waals surface area (Å²) in [5.74, 6) is -0.874. The highest BCUT2D eigenvalue weighted by Crippen LogP contribution is 2.63. The molecular formula is C30H38N2O8. The van der Waals surface area contributed by atoms with Crippen LogP contribution in [-0.2, 0) is 35.1 Å². The van der Waals surface area contributed by atoms with E-state index in [-0.39, 0.29) is 38.0 Å². The number of benzene rings is 1. The molecule has 40 heavy (non-hydrogen) atoms. The number of carbonyl (C=O) groups excluding carboxylic acids is 4. The third-order valence-corrected chi connectivity index (χ3v) is 8.72. The number of fused-ring (bicyclic) bond motifs is 1. The van der Waals surface area contributed by atoms with Gasteiger partial charge in [-0.3, -0.25) is 9.59 Å². The lowest BCUT2D eigenvalue weighted by Crippen LogP contribution is -2.75. The van der Waals surface area contributed by atoms with E-state index in [1.54, 1.807) is 50.7 Å². The number of carbonyl (C=O) groups is 4. The van der Waals surface area contributed by atoms with Crippen LogP contribution >= 0.6 is 0 Å². The van der Waals surface area contributed by atoms with E-state index >= 15 is 0 Å². The summed E-state index contributed by atoms with van der Waals surface area (Å²) in [6, 6.07) is 6.78. The fraction of sp³-hybridized carbons (Fsp3) is 0.600. The zero-order chi connectivity index (χ0) is 28.9. The Hall–Kier alpha value is -3.56. The lowest BCUT2D eigenvalue weighted by atomic mass is 9.52. The average molecular weight is 555 g/mol. The molecule has 10 nitrogen and oxygen atoms in total. The summed E-state index contributed by atoms with van der Waals surface area (Å²) in [4.78, 5) is 57.0. The number of methoxy groups -OCH3 is 1. The van der Waals surface area contributed by atoms with Crippen LogP contribution < -0.4 is 4.74 Å². The highest BCUT2D eigenvalue weighted by molar-refractivity contribution is 5.88. The summed E-state index contributed by atoms with van der Waals surface area (Å²) in [5.41, 5.74) is -1.85. The van der Waals surface area contributed by atoms with E-state index in [4.69, 9.17) is 18.9 Å². The molecular weight excluding hydrogens is 516 g/mol. The van der Waals surface area contributed by atoms with Crippen molar-refractivity contribution in [3.63, 3.8) is 0 Å². The van der Waals surface area contributed by atoms with Gasteiger partial charge in [-0.15, -0.1) is 0 Å². The number of likely N-dealkylation sites (tertiary alicyclic amines) is 2. The standard InChI is InChI=1S/C30H38N2O8/c1-6-38-24(34)16-30-22-12-14-31(27(36)40-28(2,3)4)26(30)29(13-11-23(33)39-18-29)15-21(22)25(35)32(30)17-19-7-9-20(37-5)10-8-19/h7-11,13,21-22,26H,6,12,14-18H2,1-5H3/t21-,22-,26+,29+,30+/m1/s1. The number of esters is 2. The molecule has 3 fully saturated rings. The van der Waals surface area contributed by atoms with Gasteiger partial charge in [0, 0.05) is 30.5 Å². The number of nitrogens with zero attached hydrogens (tertiary/aromatic N) is 2. The molecule has 4 aliphatic rings. The predicted molar refractivity (Wildman–Crippen MR) is 143 cm³/mol. The monoisotopic (exact) mass is 554 g/mol. The van der Waals surface area contributed by atoms with Crippen LogP contribution in [0, 0.1) is 17.3 Å². The highest BCUT2D eigenvalue weighted by atomic mass is 16.6. The van der Waals surface area contributed by atoms with Crippen LogP contribution in [-0.4, -0.2) is 77.8 Å². The van der Waals surface area contributed by atoms with Crippen molar-refractivity contribution in [1.82, 2.24) is 9.80 Å². The summed E-state index contributed by atoms with van der Waals surface area (Å²) in [5, 5.41) is 0. The second-order valence-corrected chi connectivity index (χ2v) is 12.2. The highest BCUT2D eigenvalue weighted by Gasteiger charge is 2.74. The van der Waals surface area contributed by atoms with E-state index in [0.717, 1.165) is 5.56 Å². The van der Waals surface area contributed by atoms with Gasteiger partial charge < -0.3 is 28.7 Å². The van der Waals surface area contributed by atoms with E-state index in [2.05, 4.69) is 0 Å². The number of hydrogen-bond acceptors (Lipinski definition) is 8. The van der Waals surface area contributed by atoms with Gasteiger partial charge in [0.05, 0.1) is 31.7 Å². The Morgan fingerprint density at radius 1 is 1.15 bits per heavy atom. The van der Waals surface area contributed by atoms with Crippen molar-refractivity contribution in [2.75, 3.05) is 26.9 Å². The van der Waals surface area contributed by atoms with E-state index in [1.807, 2.05) is 24.3 Å². The molecule has 0 aromatic heterocycles. The molecule has 4 bridgehead atoms. The second kappa shape index (κ2) is 10.1. The van der Waals surface area contributed by atoms with Crippen LogP contribution in [0.5, 0.6) is 5.75 Å². The summed E-state index contributed by atoms with van der Waals surface area (Å²) in [6.45, 7) is 7.95. The number of piperidine rings is 1. The van der Waals surface area contributed by atoms with Crippen molar-refractivity contribution in [3.8, 4) is 5.75 Å². The first kappa shape index (κ1) is 28.0. The molecule has 0 unspecified atom stereocenters. The number of amides is 2. The van der Waals surface area contributed by atoms with Gasteiger partial charge in [0.2, 0.25) is 5.91 Å². The first-order chi connectivity index (χ1) is 18.9. The molecule has 1 aliphatic carbocycles. The van der Waals surface area contributed by atoms with Crippen molar-refractivity contribution in [2.24, 2.45) is 17.3 Å². The summed E-state index contributed by atoms with van der Waals surface area (Å²) in [6.07, 6.45) is 3.49. The Kier molecular flexibility index (Phi) is 7.08. The molecule has 3 aliphatic heterocycles. The van der Waals surface area contributed by atoms with E-state index < -0.39 is 46.5 Å². The summed E-state index contributed by atoms with van der Waals surface area (Å²) in [7, 11) is 1.59. The third kappa shape index (κ3) is 4.61. The quantitative estimate of drug-likeness (QED) is 0.388. The summed E-state index contributed by atoms with van der Waals surface area (Å²) >= 11 is 0. The largest absolute Gasteiger partial charge is 0.497 e. The third-order valence-electron chi connectivity index (χ3n) is 8.72. The Labute approximate surface area is 234 Å². The first-order valence-electron chi connectivity index (χ1n) is 13.9. The molecule has 2 amide bonds. The minimum Gasteiger partial charge on any atom is -0.497 e. The van der Waals surface area contributed by atoms with Crippen molar-refractivity contribution in [1.29, 1.82) is 0 Å². The zero-order valence-corrected chi connectivity index (χ0v) is 23.8. The number of cyclic esters (lactones) is 1. The van der Waals surface area contributed by atoms with Gasteiger partial charge in [0.15, 0.2) is 0 Å². The van der Waals surface area contributed by atoms with Crippen molar-refractivity contribution in [2.45, 2.75) is 70.7 Å². The van der Waals surface area contributed by atoms with Crippen LogP contribution in [0.25, 0.3) is 0 Å². The molecule has 0 N–H and O–H groups in total. The van der Waals surface area contributed by atoms with Gasteiger partial charge in [0.1, 0.15) is 18.0 Å². The molecule has 2 saturated heterocycles. The van der Waals surface area contributed by atoms with Gasteiger partial charge in [-0.1, -0.05) is 18.2 Å². The molecule has 5 rings (SSSR count). The fourth-order valence-electron chi connectivity index (χ4n) is 7.42. The van der Waals surface area contributed by atoms with Gasteiger partial charge in [-0.05, 0) is 64.2 Å². The minimum atomic E-state index is -1.09. The van der Waals surface area contributed by atoms with Gasteiger partial charge in [-0.25, -0.2) is 9.59 Å². The van der Waals surface area contributed by atoms with Gasteiger partial charge in [-0.2, -0.15) is 0 Å². The van der Waals surface area contributed by atoms with E-state index in [9.17, 15) is 19.2 Å². The first-order valence-corrected chi connectivity index (χ1v) is 13.9.